The number of alkyl halides is 2. The summed E-state index contributed by atoms with van der Waals surface area (Å²) in [5.74, 6) is -0.886. The summed E-state index contributed by atoms with van der Waals surface area (Å²) in [4.78, 5) is 10.9. The number of carbonyl (C=O) groups excluding carboxylic acids is 1. The third-order valence-electron chi connectivity index (χ3n) is 1.31. The summed E-state index contributed by atoms with van der Waals surface area (Å²) < 4.78 is 32.1. The van der Waals surface area contributed by atoms with Crippen molar-refractivity contribution in [2.24, 2.45) is 12.8 Å². The quantitative estimate of drug-likeness (QED) is 0.711. The fraction of sp³-hybridized carbons (Fsp3) is 0.333. The average Bonchev–Trinajstić information content (AvgIpc) is 2.46. The van der Waals surface area contributed by atoms with E-state index in [9.17, 15) is 13.6 Å². The number of nitrogens with two attached hydrogens (primary N) is 1. The zero-order valence-corrected chi connectivity index (χ0v) is 6.21. The first-order chi connectivity index (χ1) is 6.06. The van der Waals surface area contributed by atoms with Crippen LogP contribution in [-0.4, -0.2) is 15.7 Å². The molecule has 0 spiro atoms. The Morgan fingerprint density at radius 1 is 1.92 bits per heavy atom. The van der Waals surface area contributed by atoms with E-state index in [1.54, 1.807) is 0 Å². The van der Waals surface area contributed by atoms with Gasteiger partial charge in [0.2, 0.25) is 0 Å². The van der Waals surface area contributed by atoms with Crippen molar-refractivity contribution >= 4 is 5.91 Å². The molecule has 1 aromatic rings. The number of hydrogen-bond donors (Lipinski definition) is 1. The maximum atomic E-state index is 12.2. The van der Waals surface area contributed by atoms with E-state index in [2.05, 4.69) is 5.10 Å². The monoisotopic (exact) mass is 176 g/mol. The number of aryl methyl sites for hydroxylation is 1. The summed E-state index contributed by atoms with van der Waals surface area (Å²) >= 11 is 0. The molecule has 0 aromatic carbocycles. The Hall–Kier alpha value is -1.46. The molecule has 0 bridgehead atoms. The van der Waals surface area contributed by atoms with Crippen molar-refractivity contribution in [2.75, 3.05) is 0 Å². The van der Waals surface area contributed by atoms with Gasteiger partial charge in [0.05, 0.1) is 5.56 Å². The molecule has 0 saturated heterocycles. The smallest absolute Gasteiger partial charge is 0.282 e. The lowest BCUT2D eigenvalue weighted by atomic mass is 10.2. The molecule has 66 valence electrons. The van der Waals surface area contributed by atoms with E-state index in [1.165, 1.54) is 12.8 Å². The highest BCUT2D eigenvalue weighted by Gasteiger charge is 2.20. The van der Waals surface area contributed by atoms with Gasteiger partial charge in [-0.3, -0.25) is 9.48 Å². The Labute approximate surface area is 68.4 Å². The van der Waals surface area contributed by atoms with Crippen molar-refractivity contribution in [3.63, 3.8) is 0 Å². The van der Waals surface area contributed by atoms with E-state index in [1.807, 2.05) is 0 Å². The van der Waals surface area contributed by atoms with Gasteiger partial charge < -0.3 is 5.73 Å². The lowest BCUT2D eigenvalue weighted by Crippen LogP contribution is -2.12. The number of amides is 1. The van der Waals surface area contributed by atoms with E-state index in [0.717, 1.165) is 10.9 Å². The Morgan fingerprint density at radius 3 is 3.08 bits per heavy atom. The van der Waals surface area contributed by atoms with Gasteiger partial charge in [-0.05, 0) is 0 Å². The van der Waals surface area contributed by atoms with Gasteiger partial charge in [-0.2, -0.15) is 5.10 Å². The number of nitrogens with zero attached hydrogens (tertiary/aromatic N) is 2. The van der Waals surface area contributed by atoms with Crippen LogP contribution in [0.4, 0.5) is 8.78 Å². The molecule has 2 N–H and O–H groups in total. The van der Waals surface area contributed by atoms with E-state index in [0.29, 0.717) is 0 Å². The normalized spacial score (nSPS) is 11.5. The molecule has 0 aliphatic carbocycles. The highest BCUT2D eigenvalue weighted by atomic mass is 19.3. The Morgan fingerprint density at radius 2 is 2.58 bits per heavy atom. The molecule has 0 unspecified atom stereocenters. The van der Waals surface area contributed by atoms with E-state index >= 15 is 0 Å². The summed E-state index contributed by atoms with van der Waals surface area (Å²) in [5.41, 5.74) is 0.639. The number of primary amides is 1. The van der Waals surface area contributed by atoms with Crippen LogP contribution < -0.4 is 5.73 Å². The van der Waals surface area contributed by atoms with Crippen molar-refractivity contribution in [3.8, 4) is 0 Å². The van der Waals surface area contributed by atoms with E-state index in [4.69, 9.17) is 1.41 Å². The molecule has 6 heteroatoms. The molecule has 0 saturated carbocycles. The Bertz CT molecular complexity index is 326. The number of halogens is 2. The summed E-state index contributed by atoms with van der Waals surface area (Å²) in [6.07, 6.45) is -1.67. The minimum Gasteiger partial charge on any atom is -0.365 e. The van der Waals surface area contributed by atoms with Crippen LogP contribution in [0.15, 0.2) is 6.20 Å². The Balaban J connectivity index is 3.11. The molecule has 1 heterocycles. The van der Waals surface area contributed by atoms with E-state index in [-0.39, 0.29) is 5.56 Å². The maximum absolute atomic E-state index is 12.2. The highest BCUT2D eigenvalue weighted by molar-refractivity contribution is 5.93. The van der Waals surface area contributed by atoms with Crippen molar-refractivity contribution in [3.05, 3.63) is 17.5 Å². The molecule has 1 amide bonds. The summed E-state index contributed by atoms with van der Waals surface area (Å²) in [6.45, 7) is 0. The van der Waals surface area contributed by atoms with Gasteiger partial charge in [0, 0.05) is 13.2 Å². The molecule has 4 nitrogen and oxygen atoms in total. The predicted octanol–water partition coefficient (Wildman–Crippen LogP) is 0.457. The molecule has 0 fully saturated rings. The molecule has 12 heavy (non-hydrogen) atoms. The largest absolute Gasteiger partial charge is 0.365 e. The van der Waals surface area contributed by atoms with Gasteiger partial charge >= 0.3 is 0 Å². The summed E-state index contributed by atoms with van der Waals surface area (Å²) in [6, 6.07) is 0. The third-order valence-corrected chi connectivity index (χ3v) is 1.31. The first kappa shape index (κ1) is 7.20. The zero-order chi connectivity index (χ0) is 10.0. The summed E-state index contributed by atoms with van der Waals surface area (Å²) in [7, 11) is 1.42. The zero-order valence-electron chi connectivity index (χ0n) is 7.21. The highest BCUT2D eigenvalue weighted by Crippen LogP contribution is 2.20. The van der Waals surface area contributed by atoms with Crippen LogP contribution in [0.1, 0.15) is 22.5 Å². The minimum absolute atomic E-state index is 0.271. The molecule has 0 aliphatic heterocycles. The van der Waals surface area contributed by atoms with Crippen LogP contribution in [0.3, 0.4) is 0 Å². The summed E-state index contributed by atoms with van der Waals surface area (Å²) in [5, 5.41) is 3.40. The van der Waals surface area contributed by atoms with E-state index < -0.39 is 18.0 Å². The molecule has 0 aliphatic rings. The molecule has 1 aromatic heterocycles. The lowest BCUT2D eigenvalue weighted by molar-refractivity contribution is 0.0985. The van der Waals surface area contributed by atoms with Gasteiger partial charge in [0.15, 0.2) is 1.41 Å². The van der Waals surface area contributed by atoms with Crippen LogP contribution in [0.2, 0.25) is 1.41 Å². The van der Waals surface area contributed by atoms with Gasteiger partial charge in [-0.1, -0.05) is 0 Å². The number of hydrogen-bond acceptors (Lipinski definition) is 2. The Kier molecular flexibility index (Phi) is 1.73. The first-order valence-electron chi connectivity index (χ1n) is 3.60. The standard InChI is InChI=1S/C6H7F2N3O/c1-11-2-3(6(9)12)4(10-11)5(7)8/h2,5H,1H3,(H2,9,12)/i/hD. The fourth-order valence-electron chi connectivity index (χ4n) is 0.842. The number of rotatable bonds is 2. The molecule has 1 rings (SSSR count). The van der Waals surface area contributed by atoms with Crippen LogP contribution in [0, 0.1) is 0 Å². The van der Waals surface area contributed by atoms with Gasteiger partial charge in [0.25, 0.3) is 12.3 Å². The van der Waals surface area contributed by atoms with Crippen molar-refractivity contribution in [1.29, 1.82) is 0 Å². The topological polar surface area (TPSA) is 60.9 Å². The molecule has 0 atom stereocenters. The van der Waals surface area contributed by atoms with Crippen LogP contribution >= 0.6 is 0 Å². The minimum atomic E-state index is -2.81. The van der Waals surface area contributed by atoms with Crippen LogP contribution in [-0.2, 0) is 7.05 Å². The van der Waals surface area contributed by atoms with Crippen molar-refractivity contribution < 1.29 is 15.0 Å². The number of aromatic nitrogens is 2. The first-order valence-corrected chi connectivity index (χ1v) is 3.10. The molecular weight excluding hydrogens is 168 g/mol. The van der Waals surface area contributed by atoms with Crippen LogP contribution in [0.5, 0.6) is 0 Å². The fourth-order valence-corrected chi connectivity index (χ4v) is 0.842. The molecular formula is C6H7F2N3O. The molecule has 0 radical (unpaired) electrons. The van der Waals surface area contributed by atoms with Gasteiger partial charge in [-0.15, -0.1) is 0 Å². The van der Waals surface area contributed by atoms with Gasteiger partial charge in [0.1, 0.15) is 5.69 Å². The van der Waals surface area contributed by atoms with Crippen molar-refractivity contribution in [1.82, 2.24) is 9.78 Å². The van der Waals surface area contributed by atoms with Gasteiger partial charge in [-0.25, -0.2) is 8.78 Å². The predicted molar refractivity (Wildman–Crippen MR) is 36.7 cm³/mol. The average molecular weight is 176 g/mol. The second-order valence-electron chi connectivity index (χ2n) is 2.23. The number of carbonyl (C=O) groups is 1. The second-order valence-corrected chi connectivity index (χ2v) is 2.23. The maximum Gasteiger partial charge on any atom is 0.282 e. The third kappa shape index (κ3) is 1.41. The second kappa shape index (κ2) is 2.88. The van der Waals surface area contributed by atoms with Crippen molar-refractivity contribution in [2.45, 2.75) is 6.43 Å². The van der Waals surface area contributed by atoms with Crippen LogP contribution in [0.25, 0.3) is 0 Å². The lowest BCUT2D eigenvalue weighted by Gasteiger charge is -1.94. The SMILES string of the molecule is [2H]NC(=O)c1cn(C)nc1C(F)F.